The van der Waals surface area contributed by atoms with Crippen LogP contribution in [0.25, 0.3) is 0 Å². The van der Waals surface area contributed by atoms with Crippen molar-refractivity contribution in [3.63, 3.8) is 0 Å². The highest BCUT2D eigenvalue weighted by Crippen LogP contribution is 2.71. The third-order valence-electron chi connectivity index (χ3n) is 9.55. The summed E-state index contributed by atoms with van der Waals surface area (Å²) >= 11 is 0. The third kappa shape index (κ3) is 2.80. The number of carbonyl (C=O) groups is 2. The second-order valence-electron chi connectivity index (χ2n) is 10.6. The largest absolute Gasteiger partial charge is 0.469 e. The molecule has 172 valence electrons. The van der Waals surface area contributed by atoms with Crippen LogP contribution in [0.5, 0.6) is 0 Å². The maximum atomic E-state index is 13.1. The van der Waals surface area contributed by atoms with Gasteiger partial charge in [0.05, 0.1) is 19.6 Å². The summed E-state index contributed by atoms with van der Waals surface area (Å²) in [4.78, 5) is 28.4. The number of carbonyl (C=O) groups excluding carboxylic acids is 2. The summed E-state index contributed by atoms with van der Waals surface area (Å²) < 4.78 is 18.0. The molecule has 2 spiro atoms. The summed E-state index contributed by atoms with van der Waals surface area (Å²) in [5.41, 5.74) is 2.13. The van der Waals surface area contributed by atoms with Crippen molar-refractivity contribution in [1.29, 1.82) is 0 Å². The second kappa shape index (κ2) is 7.39. The first-order chi connectivity index (χ1) is 14.9. The average Bonchev–Trinajstić information content (AvgIpc) is 3.23. The number of esters is 1. The Morgan fingerprint density at radius 2 is 2.10 bits per heavy atom. The highest BCUT2D eigenvalue weighted by Gasteiger charge is 2.70. The van der Waals surface area contributed by atoms with Crippen LogP contribution in [-0.4, -0.2) is 62.9 Å². The fourth-order valence-electron chi connectivity index (χ4n) is 8.29. The predicted octanol–water partition coefficient (Wildman–Crippen LogP) is 3.35. The molecule has 2 heterocycles. The Hall–Kier alpha value is -1.24. The SMILES string of the molecule is CCO[C@@]1(CC)CCC2(CO1)[C@@H]1CCC3=C4[C@H](CC3=O)[C@H](C(=O)OC)C[C@@]42CN(C)C1. The van der Waals surface area contributed by atoms with Gasteiger partial charge in [0, 0.05) is 49.3 Å². The smallest absolute Gasteiger partial charge is 0.309 e. The van der Waals surface area contributed by atoms with Crippen molar-refractivity contribution in [2.75, 3.05) is 40.5 Å². The van der Waals surface area contributed by atoms with E-state index in [1.807, 2.05) is 6.92 Å². The van der Waals surface area contributed by atoms with E-state index in [1.54, 1.807) is 0 Å². The van der Waals surface area contributed by atoms with Gasteiger partial charge >= 0.3 is 5.97 Å². The Kier molecular flexibility index (Phi) is 5.15. The zero-order chi connectivity index (χ0) is 22.0. The van der Waals surface area contributed by atoms with Crippen LogP contribution in [0.2, 0.25) is 0 Å². The normalized spacial score (nSPS) is 44.5. The fraction of sp³-hybridized carbons (Fsp3) is 0.840. The van der Waals surface area contributed by atoms with Crippen LogP contribution in [0.3, 0.4) is 0 Å². The maximum absolute atomic E-state index is 13.1. The molecular formula is C25H37NO5. The lowest BCUT2D eigenvalue weighted by Gasteiger charge is -2.62. The van der Waals surface area contributed by atoms with E-state index in [2.05, 4.69) is 18.9 Å². The number of piperidine rings is 1. The molecule has 2 bridgehead atoms. The first kappa shape index (κ1) is 21.6. The number of rotatable bonds is 4. The molecule has 1 saturated carbocycles. The molecule has 2 aliphatic heterocycles. The average molecular weight is 432 g/mol. The number of likely N-dealkylation sites (tertiary alicyclic amines) is 1. The van der Waals surface area contributed by atoms with Crippen LogP contribution < -0.4 is 0 Å². The van der Waals surface area contributed by atoms with Gasteiger partial charge in [-0.25, -0.2) is 0 Å². The van der Waals surface area contributed by atoms with Crippen LogP contribution in [-0.2, 0) is 23.8 Å². The van der Waals surface area contributed by atoms with E-state index in [4.69, 9.17) is 14.2 Å². The van der Waals surface area contributed by atoms with E-state index < -0.39 is 5.79 Å². The molecule has 0 aromatic carbocycles. The van der Waals surface area contributed by atoms with E-state index in [-0.39, 0.29) is 34.4 Å². The number of Topliss-reactive ketones (excluding diaryl/α,β-unsaturated/α-hetero) is 1. The second-order valence-corrected chi connectivity index (χ2v) is 10.6. The van der Waals surface area contributed by atoms with Crippen LogP contribution in [0.1, 0.15) is 58.8 Å². The van der Waals surface area contributed by atoms with Gasteiger partial charge in [-0.05, 0) is 57.6 Å². The maximum Gasteiger partial charge on any atom is 0.309 e. The Bertz CT molecular complexity index is 811. The highest BCUT2D eigenvalue weighted by molar-refractivity contribution is 6.01. The lowest BCUT2D eigenvalue weighted by Crippen LogP contribution is -2.64. The molecule has 6 heteroatoms. The molecule has 6 atom stereocenters. The molecule has 3 fully saturated rings. The summed E-state index contributed by atoms with van der Waals surface area (Å²) in [7, 11) is 3.68. The zero-order valence-electron chi connectivity index (χ0n) is 19.5. The van der Waals surface area contributed by atoms with Crippen molar-refractivity contribution in [1.82, 2.24) is 4.90 Å². The van der Waals surface area contributed by atoms with Crippen molar-refractivity contribution < 1.29 is 23.8 Å². The highest BCUT2D eigenvalue weighted by atomic mass is 16.7. The van der Waals surface area contributed by atoms with Gasteiger partial charge in [0.2, 0.25) is 0 Å². The van der Waals surface area contributed by atoms with Crippen molar-refractivity contribution in [2.45, 2.75) is 64.6 Å². The molecule has 1 unspecified atom stereocenters. The minimum atomic E-state index is -0.494. The van der Waals surface area contributed by atoms with E-state index >= 15 is 0 Å². The fourth-order valence-corrected chi connectivity index (χ4v) is 8.29. The summed E-state index contributed by atoms with van der Waals surface area (Å²) in [5, 5.41) is 0. The van der Waals surface area contributed by atoms with E-state index in [0.29, 0.717) is 25.6 Å². The lowest BCUT2D eigenvalue weighted by atomic mass is 9.50. The van der Waals surface area contributed by atoms with E-state index in [9.17, 15) is 9.59 Å². The van der Waals surface area contributed by atoms with Crippen LogP contribution >= 0.6 is 0 Å². The molecule has 2 saturated heterocycles. The minimum absolute atomic E-state index is 0.0156. The molecule has 5 aliphatic rings. The molecule has 0 N–H and O–H groups in total. The van der Waals surface area contributed by atoms with Gasteiger partial charge in [0.1, 0.15) is 0 Å². The molecule has 0 aromatic heterocycles. The predicted molar refractivity (Wildman–Crippen MR) is 115 cm³/mol. The molecule has 0 radical (unpaired) electrons. The van der Waals surface area contributed by atoms with Gasteiger partial charge in [-0.15, -0.1) is 0 Å². The lowest BCUT2D eigenvalue weighted by molar-refractivity contribution is -0.302. The van der Waals surface area contributed by atoms with Gasteiger partial charge in [-0.1, -0.05) is 12.5 Å². The Labute approximate surface area is 185 Å². The molecule has 6 nitrogen and oxygen atoms in total. The van der Waals surface area contributed by atoms with Crippen molar-refractivity contribution in [3.05, 3.63) is 11.1 Å². The standard InChI is InChI=1S/C25H37NO5/c1-5-25(30-6-2)10-9-23(15-31-25)16-7-8-17-20(27)11-18-19(22(28)29-4)12-24(23,21(17)18)14-26(3)13-16/h16,18-19H,5-15H2,1-4H3/t16-,18-,19-,23?,24-,25-/m1/s1. The minimum Gasteiger partial charge on any atom is -0.469 e. The topological polar surface area (TPSA) is 65.1 Å². The van der Waals surface area contributed by atoms with Gasteiger partial charge < -0.3 is 19.1 Å². The summed E-state index contributed by atoms with van der Waals surface area (Å²) in [6.07, 6.45) is 5.90. The van der Waals surface area contributed by atoms with Crippen molar-refractivity contribution in [2.24, 2.45) is 28.6 Å². The Morgan fingerprint density at radius 1 is 1.29 bits per heavy atom. The van der Waals surface area contributed by atoms with E-state index in [1.165, 1.54) is 12.7 Å². The van der Waals surface area contributed by atoms with Crippen molar-refractivity contribution in [3.8, 4) is 0 Å². The molecule has 0 aromatic rings. The molecule has 31 heavy (non-hydrogen) atoms. The first-order valence-electron chi connectivity index (χ1n) is 12.2. The first-order valence-corrected chi connectivity index (χ1v) is 12.2. The van der Waals surface area contributed by atoms with Gasteiger partial charge in [0.15, 0.2) is 11.6 Å². The quantitative estimate of drug-likeness (QED) is 0.636. The number of allylic oxidation sites excluding steroid dienone is 1. The van der Waals surface area contributed by atoms with E-state index in [0.717, 1.165) is 57.2 Å². The van der Waals surface area contributed by atoms with Crippen LogP contribution in [0.15, 0.2) is 11.1 Å². The van der Waals surface area contributed by atoms with Gasteiger partial charge in [-0.3, -0.25) is 9.59 Å². The number of ether oxygens (including phenoxy) is 3. The number of ketones is 1. The van der Waals surface area contributed by atoms with Gasteiger partial charge in [0.25, 0.3) is 0 Å². The summed E-state index contributed by atoms with van der Waals surface area (Å²) in [6, 6.07) is 0. The number of hydrogen-bond acceptors (Lipinski definition) is 6. The Balaban J connectivity index is 1.63. The molecule has 0 amide bonds. The van der Waals surface area contributed by atoms with Gasteiger partial charge in [-0.2, -0.15) is 0 Å². The zero-order valence-corrected chi connectivity index (χ0v) is 19.5. The number of methoxy groups -OCH3 is 1. The third-order valence-corrected chi connectivity index (χ3v) is 9.55. The number of nitrogens with zero attached hydrogens (tertiary/aromatic N) is 1. The molecular weight excluding hydrogens is 394 g/mol. The monoisotopic (exact) mass is 431 g/mol. The summed E-state index contributed by atoms with van der Waals surface area (Å²) in [6.45, 7) is 7.41. The van der Waals surface area contributed by atoms with Crippen molar-refractivity contribution >= 4 is 11.8 Å². The molecule has 5 rings (SSSR count). The molecule has 3 aliphatic carbocycles. The summed E-state index contributed by atoms with van der Waals surface area (Å²) in [5.74, 6) is -0.116. The van der Waals surface area contributed by atoms with Crippen LogP contribution in [0.4, 0.5) is 0 Å². The van der Waals surface area contributed by atoms with Crippen LogP contribution in [0, 0.1) is 28.6 Å². The Morgan fingerprint density at radius 3 is 2.74 bits per heavy atom. The number of hydrogen-bond donors (Lipinski definition) is 0.